The Bertz CT molecular complexity index is 649. The number of unbranched alkanes of at least 4 members (excludes halogenated alkanes) is 2. The highest BCUT2D eigenvalue weighted by Crippen LogP contribution is 2.22. The topological polar surface area (TPSA) is 63.6 Å². The van der Waals surface area contributed by atoms with Gasteiger partial charge in [0.1, 0.15) is 11.5 Å². The average molecular weight is 312 g/mol. The number of para-hydroxylation sites is 1. The molecule has 0 amide bonds. The van der Waals surface area contributed by atoms with Crippen molar-refractivity contribution in [3.63, 3.8) is 0 Å². The minimum absolute atomic E-state index is 0.0545. The predicted molar refractivity (Wildman–Crippen MR) is 88.0 cm³/mol. The molecule has 0 heterocycles. The van der Waals surface area contributed by atoms with E-state index in [9.17, 15) is 9.59 Å². The summed E-state index contributed by atoms with van der Waals surface area (Å²) >= 11 is 0. The predicted octanol–water partition coefficient (Wildman–Crippen LogP) is 4.70. The summed E-state index contributed by atoms with van der Waals surface area (Å²) in [5.41, 5.74) is 0.622. The Morgan fingerprint density at radius 1 is 0.826 bits per heavy atom. The lowest BCUT2D eigenvalue weighted by Crippen LogP contribution is -2.00. The van der Waals surface area contributed by atoms with Crippen LogP contribution in [-0.4, -0.2) is 16.9 Å². The second-order valence-corrected chi connectivity index (χ2v) is 5.32. The Balaban J connectivity index is 1.86. The van der Waals surface area contributed by atoms with E-state index in [2.05, 4.69) is 0 Å². The molecule has 0 atom stereocenters. The van der Waals surface area contributed by atoms with Gasteiger partial charge < -0.3 is 9.84 Å². The van der Waals surface area contributed by atoms with E-state index >= 15 is 0 Å². The number of carbonyl (C=O) groups excluding carboxylic acids is 1. The highest BCUT2D eigenvalue weighted by atomic mass is 16.5. The Labute approximate surface area is 135 Å². The summed E-state index contributed by atoms with van der Waals surface area (Å²) in [6, 6.07) is 16.5. The van der Waals surface area contributed by atoms with Gasteiger partial charge in [0.25, 0.3) is 0 Å². The first-order valence-corrected chi connectivity index (χ1v) is 7.73. The molecule has 4 heteroatoms. The summed E-state index contributed by atoms with van der Waals surface area (Å²) in [6.45, 7) is 0. The molecule has 0 saturated carbocycles. The Morgan fingerprint density at radius 2 is 1.52 bits per heavy atom. The Hall–Kier alpha value is -2.62. The van der Waals surface area contributed by atoms with Gasteiger partial charge in [-0.2, -0.15) is 0 Å². The summed E-state index contributed by atoms with van der Waals surface area (Å²) in [5, 5.41) is 8.57. The van der Waals surface area contributed by atoms with Gasteiger partial charge in [-0.3, -0.25) is 9.59 Å². The van der Waals surface area contributed by atoms with Gasteiger partial charge in [0.2, 0.25) is 0 Å². The quantitative estimate of drug-likeness (QED) is 0.538. The third kappa shape index (κ3) is 5.94. The Kier molecular flexibility index (Phi) is 6.36. The van der Waals surface area contributed by atoms with Gasteiger partial charge in [-0.25, -0.2) is 0 Å². The number of hydrogen-bond donors (Lipinski definition) is 1. The maximum atomic E-state index is 12.2. The standard InChI is InChI=1S/C19H20O4/c20-18(12-5-2-6-13-19(21)22)15-8-7-11-17(14-15)23-16-9-3-1-4-10-16/h1,3-4,7-11,14H,2,5-6,12-13H2,(H,21,22). The number of Topliss-reactive ketones (excluding diaryl/α,β-unsaturated/α-hetero) is 1. The van der Waals surface area contributed by atoms with Crippen molar-refractivity contribution in [2.24, 2.45) is 0 Å². The fourth-order valence-corrected chi connectivity index (χ4v) is 2.24. The van der Waals surface area contributed by atoms with Crippen molar-refractivity contribution >= 4 is 11.8 Å². The molecule has 0 aliphatic carbocycles. The average Bonchev–Trinajstić information content (AvgIpc) is 2.55. The largest absolute Gasteiger partial charge is 0.481 e. The van der Waals surface area contributed by atoms with Crippen molar-refractivity contribution in [3.8, 4) is 11.5 Å². The van der Waals surface area contributed by atoms with Crippen LogP contribution in [0.4, 0.5) is 0 Å². The first-order chi connectivity index (χ1) is 11.1. The van der Waals surface area contributed by atoms with Crippen LogP contribution in [0.15, 0.2) is 54.6 Å². The summed E-state index contributed by atoms with van der Waals surface area (Å²) in [4.78, 5) is 22.6. The van der Waals surface area contributed by atoms with Gasteiger partial charge in [-0.05, 0) is 37.1 Å². The smallest absolute Gasteiger partial charge is 0.303 e. The lowest BCUT2D eigenvalue weighted by molar-refractivity contribution is -0.137. The van der Waals surface area contributed by atoms with Crippen molar-refractivity contribution in [3.05, 3.63) is 60.2 Å². The molecule has 4 nitrogen and oxygen atoms in total. The van der Waals surface area contributed by atoms with E-state index in [0.717, 1.165) is 12.2 Å². The van der Waals surface area contributed by atoms with Crippen molar-refractivity contribution in [2.45, 2.75) is 32.1 Å². The van der Waals surface area contributed by atoms with Crippen LogP contribution in [0.5, 0.6) is 11.5 Å². The molecule has 23 heavy (non-hydrogen) atoms. The van der Waals surface area contributed by atoms with E-state index in [-0.39, 0.29) is 12.2 Å². The first kappa shape index (κ1) is 16.7. The minimum Gasteiger partial charge on any atom is -0.481 e. The highest BCUT2D eigenvalue weighted by molar-refractivity contribution is 5.96. The lowest BCUT2D eigenvalue weighted by Gasteiger charge is -2.07. The number of benzene rings is 2. The lowest BCUT2D eigenvalue weighted by atomic mass is 10.0. The van der Waals surface area contributed by atoms with Gasteiger partial charge in [-0.15, -0.1) is 0 Å². The monoisotopic (exact) mass is 312 g/mol. The van der Waals surface area contributed by atoms with E-state index < -0.39 is 5.97 Å². The molecule has 2 rings (SSSR count). The van der Waals surface area contributed by atoms with Crippen LogP contribution in [-0.2, 0) is 4.79 Å². The summed E-state index contributed by atoms with van der Waals surface area (Å²) in [5.74, 6) is 0.625. The SMILES string of the molecule is O=C(O)CCCCCC(=O)c1cccc(Oc2ccccc2)c1. The third-order valence-electron chi connectivity index (χ3n) is 3.43. The normalized spacial score (nSPS) is 10.3. The van der Waals surface area contributed by atoms with E-state index in [4.69, 9.17) is 9.84 Å². The molecule has 2 aromatic rings. The molecule has 0 spiro atoms. The van der Waals surface area contributed by atoms with Crippen LogP contribution >= 0.6 is 0 Å². The molecule has 0 unspecified atom stereocenters. The molecule has 0 bridgehead atoms. The molecule has 0 aromatic heterocycles. The number of carbonyl (C=O) groups is 2. The van der Waals surface area contributed by atoms with Crippen LogP contribution in [0.25, 0.3) is 0 Å². The van der Waals surface area contributed by atoms with Gasteiger partial charge in [0, 0.05) is 18.4 Å². The Morgan fingerprint density at radius 3 is 2.26 bits per heavy atom. The molecule has 0 saturated heterocycles. The van der Waals surface area contributed by atoms with Gasteiger partial charge in [-0.1, -0.05) is 36.8 Å². The van der Waals surface area contributed by atoms with Crippen molar-refractivity contribution in [1.82, 2.24) is 0 Å². The zero-order chi connectivity index (χ0) is 16.5. The third-order valence-corrected chi connectivity index (χ3v) is 3.43. The molecule has 0 aliphatic heterocycles. The number of ketones is 1. The van der Waals surface area contributed by atoms with Crippen LogP contribution < -0.4 is 4.74 Å². The molecule has 0 radical (unpaired) electrons. The highest BCUT2D eigenvalue weighted by Gasteiger charge is 2.07. The minimum atomic E-state index is -0.790. The van der Waals surface area contributed by atoms with E-state index in [1.165, 1.54) is 0 Å². The number of carboxylic acid groups (broad SMARTS) is 1. The summed E-state index contributed by atoms with van der Waals surface area (Å²) in [6.07, 6.45) is 2.65. The maximum Gasteiger partial charge on any atom is 0.303 e. The molecular formula is C19H20O4. The molecule has 0 aliphatic rings. The number of rotatable bonds is 9. The molecule has 0 fully saturated rings. The zero-order valence-electron chi connectivity index (χ0n) is 12.9. The van der Waals surface area contributed by atoms with E-state index in [1.54, 1.807) is 18.2 Å². The molecular weight excluding hydrogens is 292 g/mol. The maximum absolute atomic E-state index is 12.2. The van der Waals surface area contributed by atoms with E-state index in [1.807, 2.05) is 36.4 Å². The van der Waals surface area contributed by atoms with Crippen molar-refractivity contribution < 1.29 is 19.4 Å². The first-order valence-electron chi connectivity index (χ1n) is 7.73. The van der Waals surface area contributed by atoms with Crippen LogP contribution in [0.2, 0.25) is 0 Å². The number of carboxylic acids is 1. The number of ether oxygens (including phenoxy) is 1. The second kappa shape index (κ2) is 8.73. The van der Waals surface area contributed by atoms with E-state index in [0.29, 0.717) is 30.6 Å². The summed E-state index contributed by atoms with van der Waals surface area (Å²) in [7, 11) is 0. The number of aliphatic carboxylic acids is 1. The fourth-order valence-electron chi connectivity index (χ4n) is 2.24. The fraction of sp³-hybridized carbons (Fsp3) is 0.263. The molecule has 120 valence electrons. The van der Waals surface area contributed by atoms with Crippen LogP contribution in [0, 0.1) is 0 Å². The van der Waals surface area contributed by atoms with Crippen LogP contribution in [0.1, 0.15) is 42.5 Å². The van der Waals surface area contributed by atoms with Crippen molar-refractivity contribution in [2.75, 3.05) is 0 Å². The number of hydrogen-bond acceptors (Lipinski definition) is 3. The van der Waals surface area contributed by atoms with Crippen molar-refractivity contribution in [1.29, 1.82) is 0 Å². The van der Waals surface area contributed by atoms with Crippen LogP contribution in [0.3, 0.4) is 0 Å². The van der Waals surface area contributed by atoms with Gasteiger partial charge in [0.05, 0.1) is 0 Å². The van der Waals surface area contributed by atoms with Gasteiger partial charge >= 0.3 is 5.97 Å². The molecule has 2 aromatic carbocycles. The summed E-state index contributed by atoms with van der Waals surface area (Å²) < 4.78 is 5.72. The zero-order valence-corrected chi connectivity index (χ0v) is 12.9. The molecule has 1 N–H and O–H groups in total. The second-order valence-electron chi connectivity index (χ2n) is 5.32. The van der Waals surface area contributed by atoms with Gasteiger partial charge in [0.15, 0.2) is 5.78 Å².